The predicted molar refractivity (Wildman–Crippen MR) is 84.9 cm³/mol. The lowest BCUT2D eigenvalue weighted by Gasteiger charge is -2.06. The van der Waals surface area contributed by atoms with E-state index in [1.807, 2.05) is 0 Å². The third kappa shape index (κ3) is 3.33. The summed E-state index contributed by atoms with van der Waals surface area (Å²) in [6.45, 7) is 1.76. The van der Waals surface area contributed by atoms with E-state index in [0.29, 0.717) is 23.1 Å². The highest BCUT2D eigenvalue weighted by Crippen LogP contribution is 2.38. The molecule has 120 valence electrons. The first kappa shape index (κ1) is 15.1. The van der Waals surface area contributed by atoms with Crippen LogP contribution in [0.1, 0.15) is 47.4 Å². The van der Waals surface area contributed by atoms with Crippen molar-refractivity contribution in [1.29, 1.82) is 0 Å². The van der Waals surface area contributed by atoms with Crippen molar-refractivity contribution in [2.45, 2.75) is 25.7 Å². The summed E-state index contributed by atoms with van der Waals surface area (Å²) in [6.07, 6.45) is 2.28. The van der Waals surface area contributed by atoms with Crippen molar-refractivity contribution in [3.05, 3.63) is 41.2 Å². The summed E-state index contributed by atoms with van der Waals surface area (Å²) in [4.78, 5) is 12.0. The lowest BCUT2D eigenvalue weighted by atomic mass is 10.1. The Kier molecular flexibility index (Phi) is 4.01. The van der Waals surface area contributed by atoms with Crippen LogP contribution in [0.4, 0.5) is 0 Å². The van der Waals surface area contributed by atoms with Crippen LogP contribution >= 0.6 is 0 Å². The van der Waals surface area contributed by atoms with Crippen molar-refractivity contribution in [1.82, 2.24) is 15.6 Å². The highest BCUT2D eigenvalue weighted by molar-refractivity contribution is 6.00. The number of nitrogens with zero attached hydrogens (tertiary/aromatic N) is 2. The monoisotopic (exact) mass is 314 g/mol. The molecule has 0 aliphatic heterocycles. The second-order valence-corrected chi connectivity index (χ2v) is 5.51. The molecule has 7 heteroatoms. The van der Waals surface area contributed by atoms with Crippen LogP contribution in [0.15, 0.2) is 29.4 Å². The molecule has 0 bridgehead atoms. The molecule has 3 rings (SSSR count). The molecule has 7 nitrogen and oxygen atoms in total. The molecule has 2 aromatic rings. The Morgan fingerprint density at radius 1 is 1.43 bits per heavy atom. The van der Waals surface area contributed by atoms with Gasteiger partial charge in [0.15, 0.2) is 17.2 Å². The molecule has 1 fully saturated rings. The van der Waals surface area contributed by atoms with Crippen LogP contribution in [0.5, 0.6) is 11.5 Å². The van der Waals surface area contributed by atoms with Gasteiger partial charge in [-0.1, -0.05) is 0 Å². The van der Waals surface area contributed by atoms with Gasteiger partial charge in [-0.05, 0) is 44.0 Å². The number of carbonyl (C=O) groups is 1. The fourth-order valence-electron chi connectivity index (χ4n) is 2.22. The van der Waals surface area contributed by atoms with E-state index in [-0.39, 0.29) is 11.7 Å². The Hall–Kier alpha value is -2.83. The number of phenolic OH excluding ortho intramolecular Hbond substituents is 1. The highest BCUT2D eigenvalue weighted by atomic mass is 16.5. The molecule has 0 unspecified atom stereocenters. The summed E-state index contributed by atoms with van der Waals surface area (Å²) in [7, 11) is 1.47. The van der Waals surface area contributed by atoms with Gasteiger partial charge in [0.05, 0.1) is 12.8 Å². The molecule has 1 heterocycles. The molecule has 23 heavy (non-hydrogen) atoms. The Labute approximate surface area is 133 Å². The lowest BCUT2D eigenvalue weighted by molar-refractivity contribution is 0.0950. The van der Waals surface area contributed by atoms with E-state index in [0.717, 1.165) is 24.1 Å². The van der Waals surface area contributed by atoms with Crippen molar-refractivity contribution < 1.29 is 14.6 Å². The summed E-state index contributed by atoms with van der Waals surface area (Å²) in [5.74, 6) is 0.555. The van der Waals surface area contributed by atoms with Crippen LogP contribution in [-0.4, -0.2) is 34.0 Å². The number of hydrazone groups is 1. The van der Waals surface area contributed by atoms with E-state index in [2.05, 4.69) is 20.7 Å². The lowest BCUT2D eigenvalue weighted by Crippen LogP contribution is -2.19. The minimum atomic E-state index is -0.363. The summed E-state index contributed by atoms with van der Waals surface area (Å²) in [5.41, 5.74) is 5.14. The van der Waals surface area contributed by atoms with E-state index in [1.165, 1.54) is 13.2 Å². The fourth-order valence-corrected chi connectivity index (χ4v) is 2.22. The third-order valence-corrected chi connectivity index (χ3v) is 3.77. The molecular weight excluding hydrogens is 296 g/mol. The maximum atomic E-state index is 12.0. The van der Waals surface area contributed by atoms with Crippen molar-refractivity contribution in [3.8, 4) is 11.5 Å². The molecule has 3 N–H and O–H groups in total. The number of nitrogens with one attached hydrogen (secondary N) is 2. The summed E-state index contributed by atoms with van der Waals surface area (Å²) >= 11 is 0. The average Bonchev–Trinajstić information content (AvgIpc) is 3.29. The number of benzene rings is 1. The Morgan fingerprint density at radius 3 is 2.91 bits per heavy atom. The number of methoxy groups -OCH3 is 1. The zero-order valence-corrected chi connectivity index (χ0v) is 13.0. The number of carbonyl (C=O) groups excluding carboxylic acids is 1. The van der Waals surface area contributed by atoms with Gasteiger partial charge in [-0.15, -0.1) is 0 Å². The molecular formula is C16H18N4O3. The van der Waals surface area contributed by atoms with Crippen LogP contribution in [0.3, 0.4) is 0 Å². The van der Waals surface area contributed by atoms with Crippen LogP contribution < -0.4 is 10.2 Å². The van der Waals surface area contributed by atoms with Gasteiger partial charge in [-0.3, -0.25) is 9.89 Å². The molecule has 0 saturated heterocycles. The molecule has 1 aromatic heterocycles. The normalized spacial score (nSPS) is 14.6. The van der Waals surface area contributed by atoms with Crippen molar-refractivity contribution >= 4 is 11.6 Å². The molecule has 1 amide bonds. The van der Waals surface area contributed by atoms with Gasteiger partial charge in [-0.25, -0.2) is 5.43 Å². The van der Waals surface area contributed by atoms with Gasteiger partial charge in [0.1, 0.15) is 0 Å². The zero-order chi connectivity index (χ0) is 16.4. The SMILES string of the molecule is COc1cc(/C(C)=N\NC(=O)c2cc(C3CC3)[nH]n2)ccc1O. The van der Waals surface area contributed by atoms with Crippen molar-refractivity contribution in [3.63, 3.8) is 0 Å². The van der Waals surface area contributed by atoms with Crippen LogP contribution in [-0.2, 0) is 0 Å². The molecule has 0 spiro atoms. The minimum absolute atomic E-state index is 0.0530. The number of rotatable bonds is 5. The number of hydrogen-bond acceptors (Lipinski definition) is 5. The average molecular weight is 314 g/mol. The van der Waals surface area contributed by atoms with Crippen LogP contribution in [0.2, 0.25) is 0 Å². The summed E-state index contributed by atoms with van der Waals surface area (Å²) < 4.78 is 5.06. The Morgan fingerprint density at radius 2 is 2.22 bits per heavy atom. The topological polar surface area (TPSA) is 99.6 Å². The van der Waals surface area contributed by atoms with E-state index >= 15 is 0 Å². The Balaban J connectivity index is 1.69. The number of aromatic amines is 1. The van der Waals surface area contributed by atoms with Crippen LogP contribution in [0, 0.1) is 0 Å². The van der Waals surface area contributed by atoms with Gasteiger partial charge in [0.25, 0.3) is 5.91 Å². The molecule has 0 radical (unpaired) electrons. The largest absolute Gasteiger partial charge is 0.504 e. The zero-order valence-electron chi connectivity index (χ0n) is 13.0. The second-order valence-electron chi connectivity index (χ2n) is 5.51. The predicted octanol–water partition coefficient (Wildman–Crippen LogP) is 2.16. The maximum absolute atomic E-state index is 12.0. The number of hydrogen-bond donors (Lipinski definition) is 3. The standard InChI is InChI=1S/C16H18N4O3/c1-9(11-5-6-14(21)15(7-11)23-2)17-20-16(22)13-8-12(18-19-13)10-3-4-10/h5-8,10,21H,3-4H2,1-2H3,(H,18,19)(H,20,22)/b17-9-. The van der Waals surface area contributed by atoms with E-state index in [4.69, 9.17) is 4.74 Å². The van der Waals surface area contributed by atoms with E-state index < -0.39 is 0 Å². The fraction of sp³-hybridized carbons (Fsp3) is 0.312. The number of phenols is 1. The van der Waals surface area contributed by atoms with Gasteiger partial charge in [0, 0.05) is 17.2 Å². The molecule has 1 aromatic carbocycles. The van der Waals surface area contributed by atoms with Crippen molar-refractivity contribution in [2.24, 2.45) is 5.10 Å². The number of amides is 1. The number of aromatic nitrogens is 2. The van der Waals surface area contributed by atoms with Crippen molar-refractivity contribution in [2.75, 3.05) is 7.11 Å². The molecule has 0 atom stereocenters. The smallest absolute Gasteiger partial charge is 0.291 e. The summed E-state index contributed by atoms with van der Waals surface area (Å²) in [6, 6.07) is 6.63. The number of aromatic hydroxyl groups is 1. The third-order valence-electron chi connectivity index (χ3n) is 3.77. The number of H-pyrrole nitrogens is 1. The van der Waals surface area contributed by atoms with Gasteiger partial charge < -0.3 is 9.84 Å². The molecule has 1 aliphatic carbocycles. The second kappa shape index (κ2) is 6.12. The van der Waals surface area contributed by atoms with Gasteiger partial charge >= 0.3 is 0 Å². The van der Waals surface area contributed by atoms with E-state index in [9.17, 15) is 9.90 Å². The number of ether oxygens (including phenoxy) is 1. The summed E-state index contributed by atoms with van der Waals surface area (Å²) in [5, 5.41) is 20.6. The van der Waals surface area contributed by atoms with E-state index in [1.54, 1.807) is 25.1 Å². The Bertz CT molecular complexity index is 762. The first-order valence-corrected chi connectivity index (χ1v) is 7.36. The van der Waals surface area contributed by atoms with Crippen LogP contribution in [0.25, 0.3) is 0 Å². The maximum Gasteiger partial charge on any atom is 0.291 e. The minimum Gasteiger partial charge on any atom is -0.504 e. The highest BCUT2D eigenvalue weighted by Gasteiger charge is 2.26. The first-order chi connectivity index (χ1) is 11.1. The van der Waals surface area contributed by atoms with Gasteiger partial charge in [-0.2, -0.15) is 10.2 Å². The molecule has 1 saturated carbocycles. The van der Waals surface area contributed by atoms with Gasteiger partial charge in [0.2, 0.25) is 0 Å². The first-order valence-electron chi connectivity index (χ1n) is 7.36. The molecule has 1 aliphatic rings. The quantitative estimate of drug-likeness (QED) is 0.581.